The summed E-state index contributed by atoms with van der Waals surface area (Å²) in [4.78, 5) is 51.5. The number of anilines is 4. The van der Waals surface area contributed by atoms with Crippen LogP contribution in [0.5, 0.6) is 0 Å². The van der Waals surface area contributed by atoms with E-state index in [2.05, 4.69) is 49.8 Å². The van der Waals surface area contributed by atoms with Gasteiger partial charge in [0.1, 0.15) is 16.7 Å². The second-order valence-corrected chi connectivity index (χ2v) is 20.8. The average molecular weight is 856 g/mol. The van der Waals surface area contributed by atoms with E-state index in [0.717, 1.165) is 114 Å². The maximum absolute atomic E-state index is 13.9. The average Bonchev–Trinajstić information content (AvgIpc) is 3.75. The molecule has 2 aliphatic carbocycles. The van der Waals surface area contributed by atoms with Crippen molar-refractivity contribution in [3.8, 4) is 0 Å². The van der Waals surface area contributed by atoms with E-state index in [0.29, 0.717) is 46.3 Å². The van der Waals surface area contributed by atoms with Crippen LogP contribution in [-0.4, -0.2) is 83.7 Å². The first-order chi connectivity index (χ1) is 28.8. The summed E-state index contributed by atoms with van der Waals surface area (Å²) < 4.78 is 29.5. The number of imide groups is 1. The number of aromatic nitrogens is 3. The minimum absolute atomic E-state index is 0.0580. The molecule has 1 atom stereocenters. The van der Waals surface area contributed by atoms with Gasteiger partial charge in [-0.3, -0.25) is 24.3 Å². The normalized spacial score (nSPS) is 22.0. The lowest BCUT2D eigenvalue weighted by molar-refractivity contribution is -0.133. The van der Waals surface area contributed by atoms with E-state index in [9.17, 15) is 22.8 Å². The number of carbonyl (C=O) groups excluding carboxylic acids is 2. The van der Waals surface area contributed by atoms with Crippen molar-refractivity contribution < 1.29 is 18.0 Å². The number of halogens is 1. The molecule has 60 heavy (non-hydrogen) atoms. The molecule has 4 aromatic rings. The number of fused-ring (bicyclic) bond motifs is 1. The molecule has 3 N–H and O–H groups in total. The van der Waals surface area contributed by atoms with E-state index >= 15 is 0 Å². The number of amides is 2. The zero-order valence-corrected chi connectivity index (χ0v) is 36.1. The minimum Gasteiger partial charge on any atom is -0.373 e. The molecule has 2 amide bonds. The van der Waals surface area contributed by atoms with E-state index < -0.39 is 15.9 Å². The van der Waals surface area contributed by atoms with Crippen molar-refractivity contribution >= 4 is 67.3 Å². The van der Waals surface area contributed by atoms with Crippen LogP contribution < -0.4 is 26.4 Å². The molecule has 5 fully saturated rings. The Bertz CT molecular complexity index is 2480. The van der Waals surface area contributed by atoms with Gasteiger partial charge in [0.05, 0.1) is 10.1 Å². The predicted octanol–water partition coefficient (Wildman–Crippen LogP) is 7.07. The number of hydrogen-bond acceptors (Lipinski definition) is 11. The lowest BCUT2D eigenvalue weighted by atomic mass is 9.63. The predicted molar refractivity (Wildman–Crippen MR) is 235 cm³/mol. The number of piperidine rings is 3. The molecule has 2 aromatic carbocycles. The van der Waals surface area contributed by atoms with Crippen LogP contribution in [0.15, 0.2) is 58.4 Å². The van der Waals surface area contributed by atoms with Crippen LogP contribution in [0.1, 0.15) is 94.2 Å². The second kappa shape index (κ2) is 16.4. The molecule has 5 heterocycles. The van der Waals surface area contributed by atoms with Crippen molar-refractivity contribution in [1.29, 1.82) is 0 Å². The second-order valence-electron chi connectivity index (χ2n) is 18.1. The Balaban J connectivity index is 0.750. The number of pyridine rings is 1. The molecular formula is C45H55ClN8O5S. The van der Waals surface area contributed by atoms with E-state index in [1.165, 1.54) is 5.69 Å². The molecule has 13 nitrogen and oxygen atoms in total. The summed E-state index contributed by atoms with van der Waals surface area (Å²) in [5, 5.41) is 9.52. The molecule has 1 unspecified atom stereocenters. The minimum atomic E-state index is -3.48. The maximum atomic E-state index is 13.9. The van der Waals surface area contributed by atoms with Crippen LogP contribution in [0, 0.1) is 25.2 Å². The van der Waals surface area contributed by atoms with E-state index in [1.54, 1.807) is 35.0 Å². The summed E-state index contributed by atoms with van der Waals surface area (Å²) in [7, 11) is -3.48. The molecule has 318 valence electrons. The van der Waals surface area contributed by atoms with Crippen LogP contribution in [0.4, 0.5) is 23.0 Å². The molecule has 3 aliphatic heterocycles. The number of nitrogens with zero attached hydrogens (tertiary/aromatic N) is 5. The lowest BCUT2D eigenvalue weighted by Gasteiger charge is -2.52. The van der Waals surface area contributed by atoms with Gasteiger partial charge < -0.3 is 20.4 Å². The number of aryl methyl sites for hydroxylation is 2. The first kappa shape index (κ1) is 40.9. The Kier molecular flexibility index (Phi) is 11.2. The highest BCUT2D eigenvalue weighted by Gasteiger charge is 2.51. The number of hydrogen-bond donors (Lipinski definition) is 3. The van der Waals surface area contributed by atoms with Crippen molar-refractivity contribution in [2.24, 2.45) is 11.3 Å². The summed E-state index contributed by atoms with van der Waals surface area (Å²) in [6.07, 6.45) is 12.3. The Hall–Kier alpha value is -4.53. The zero-order chi connectivity index (χ0) is 41.8. The highest BCUT2D eigenvalue weighted by molar-refractivity contribution is 7.92. The number of nitrogens with one attached hydrogen (secondary N) is 3. The van der Waals surface area contributed by atoms with Gasteiger partial charge in [-0.15, -0.1) is 0 Å². The molecule has 0 radical (unpaired) electrons. The first-order valence-corrected chi connectivity index (χ1v) is 23.6. The Labute approximate surface area is 356 Å². The molecule has 2 saturated carbocycles. The fraction of sp³-hybridized carbons (Fsp3) is 0.533. The number of benzene rings is 2. The van der Waals surface area contributed by atoms with Gasteiger partial charge in [0.25, 0.3) is 5.56 Å². The lowest BCUT2D eigenvalue weighted by Crippen LogP contribution is -2.52. The molecule has 2 aromatic heterocycles. The van der Waals surface area contributed by atoms with Gasteiger partial charge in [0.2, 0.25) is 17.8 Å². The summed E-state index contributed by atoms with van der Waals surface area (Å²) in [5.41, 5.74) is 5.14. The third-order valence-corrected chi connectivity index (χ3v) is 16.5. The largest absolute Gasteiger partial charge is 0.373 e. The van der Waals surface area contributed by atoms with Crippen LogP contribution in [0.2, 0.25) is 5.02 Å². The maximum Gasteiger partial charge on any atom is 0.271 e. The monoisotopic (exact) mass is 854 g/mol. The van der Waals surface area contributed by atoms with Crippen LogP contribution in [0.25, 0.3) is 11.0 Å². The summed E-state index contributed by atoms with van der Waals surface area (Å²) in [6, 6.07) is 12.9. The van der Waals surface area contributed by atoms with Crippen molar-refractivity contribution in [3.63, 3.8) is 0 Å². The third-order valence-electron chi connectivity index (χ3n) is 14.1. The quantitative estimate of drug-likeness (QED) is 0.140. The molecule has 1 spiro atoms. The molecular weight excluding hydrogens is 800 g/mol. The van der Waals surface area contributed by atoms with Gasteiger partial charge in [-0.05, 0) is 150 Å². The number of likely N-dealkylation sites (tertiary alicyclic amines) is 1. The fourth-order valence-corrected chi connectivity index (χ4v) is 12.8. The third kappa shape index (κ3) is 8.14. The number of sulfone groups is 1. The Morgan fingerprint density at radius 1 is 0.883 bits per heavy atom. The van der Waals surface area contributed by atoms with E-state index in [-0.39, 0.29) is 39.1 Å². The van der Waals surface area contributed by atoms with Gasteiger partial charge in [-0.1, -0.05) is 24.4 Å². The SMILES string of the molecule is Cc1cc(S(=O)(=O)C2CC3(CCN(CC4CCN(c5ccc(NC6CCC(=O)NC6=O)c(C)c5)CC4)CC3)C2)ccc1Nc1ncc2cc(Cl)c(=O)n(C3CCCC3)c2n1. The van der Waals surface area contributed by atoms with Gasteiger partial charge in [0, 0.05) is 60.7 Å². The van der Waals surface area contributed by atoms with Gasteiger partial charge in [0.15, 0.2) is 9.84 Å². The molecule has 0 bridgehead atoms. The molecule has 3 saturated heterocycles. The van der Waals surface area contributed by atoms with E-state index in [4.69, 9.17) is 16.6 Å². The fourth-order valence-electron chi connectivity index (χ4n) is 10.4. The van der Waals surface area contributed by atoms with Crippen molar-refractivity contribution in [3.05, 3.63) is 75.2 Å². The Morgan fingerprint density at radius 2 is 1.60 bits per heavy atom. The first-order valence-electron chi connectivity index (χ1n) is 21.7. The van der Waals surface area contributed by atoms with Crippen molar-refractivity contribution in [2.75, 3.05) is 48.3 Å². The van der Waals surface area contributed by atoms with Crippen LogP contribution >= 0.6 is 11.6 Å². The van der Waals surface area contributed by atoms with Gasteiger partial charge in [-0.2, -0.15) is 4.98 Å². The van der Waals surface area contributed by atoms with Gasteiger partial charge >= 0.3 is 0 Å². The topological polar surface area (TPSA) is 159 Å². The van der Waals surface area contributed by atoms with Crippen molar-refractivity contribution in [2.45, 2.75) is 113 Å². The van der Waals surface area contributed by atoms with Crippen LogP contribution in [-0.2, 0) is 19.4 Å². The van der Waals surface area contributed by atoms with Crippen molar-refractivity contribution in [1.82, 2.24) is 24.8 Å². The highest BCUT2D eigenvalue weighted by Crippen LogP contribution is 2.53. The number of carbonyl (C=O) groups is 2. The smallest absolute Gasteiger partial charge is 0.271 e. The van der Waals surface area contributed by atoms with E-state index in [1.807, 2.05) is 13.0 Å². The van der Waals surface area contributed by atoms with Gasteiger partial charge in [-0.25, -0.2) is 13.4 Å². The standard InChI is InChI=1S/C45H55ClN8O5S/c1-28-21-33(7-9-37(28)48-39-11-12-40(55)50-42(39)56)53-17-13-30(14-18-53)27-52-19-15-45(16-20-52)24-35(25-45)60(58,59)34-8-10-38(29(2)22-34)49-44-47-26-31-23-36(46)43(57)54(41(31)51-44)32-5-3-4-6-32/h7-10,21-23,26,30,32,35,39,48H,3-6,11-20,24-25,27H2,1-2H3,(H,47,49,51)(H,50,55,56). The van der Waals surface area contributed by atoms with Crippen LogP contribution in [0.3, 0.4) is 0 Å². The molecule has 9 rings (SSSR count). The summed E-state index contributed by atoms with van der Waals surface area (Å²) in [6.45, 7) is 9.10. The zero-order valence-electron chi connectivity index (χ0n) is 34.5. The molecule has 5 aliphatic rings. The summed E-state index contributed by atoms with van der Waals surface area (Å²) in [5.74, 6) is 0.515. The summed E-state index contributed by atoms with van der Waals surface area (Å²) >= 11 is 6.31. The molecule has 15 heteroatoms. The number of rotatable bonds is 10. The highest BCUT2D eigenvalue weighted by atomic mass is 35.5. The Morgan fingerprint density at radius 3 is 2.30 bits per heavy atom.